The number of halogens is 1. The molecule has 2 aromatic rings. The van der Waals surface area contributed by atoms with Crippen molar-refractivity contribution in [2.45, 2.75) is 26.3 Å². The highest BCUT2D eigenvalue weighted by Crippen LogP contribution is 2.12. The predicted molar refractivity (Wildman–Crippen MR) is 121 cm³/mol. The zero-order valence-electron chi connectivity index (χ0n) is 15.8. The first-order chi connectivity index (χ1) is 12.3. The molecule has 7 heteroatoms. The molecule has 0 bridgehead atoms. The van der Waals surface area contributed by atoms with Crippen molar-refractivity contribution in [2.75, 3.05) is 38.1 Å². The van der Waals surface area contributed by atoms with Gasteiger partial charge in [-0.25, -0.2) is 4.98 Å². The summed E-state index contributed by atoms with van der Waals surface area (Å²) in [6.07, 6.45) is 7.74. The highest BCUT2D eigenvalue weighted by atomic mass is 127. The zero-order chi connectivity index (χ0) is 17.7. The highest BCUT2D eigenvalue weighted by molar-refractivity contribution is 14.0. The maximum Gasteiger partial charge on any atom is 0.190 e. The molecule has 1 aromatic carbocycles. The minimum atomic E-state index is 0. The van der Waals surface area contributed by atoms with Gasteiger partial charge in [-0.2, -0.15) is 0 Å². The molecule has 0 saturated carbocycles. The summed E-state index contributed by atoms with van der Waals surface area (Å²) in [7, 11) is 1.81. The van der Waals surface area contributed by atoms with E-state index in [1.165, 1.54) is 5.69 Å². The van der Waals surface area contributed by atoms with Gasteiger partial charge in [0.15, 0.2) is 5.96 Å². The number of nitrogens with one attached hydrogen (secondary N) is 2. The second kappa shape index (κ2) is 13.4. The van der Waals surface area contributed by atoms with E-state index in [4.69, 9.17) is 0 Å². The van der Waals surface area contributed by atoms with Crippen LogP contribution in [0.15, 0.2) is 54.0 Å². The summed E-state index contributed by atoms with van der Waals surface area (Å²) in [5.74, 6) is 0.869. The van der Waals surface area contributed by atoms with Gasteiger partial charge in [-0.3, -0.25) is 4.99 Å². The minimum absolute atomic E-state index is 0. The van der Waals surface area contributed by atoms with Crippen LogP contribution in [0.4, 0.5) is 5.69 Å². The van der Waals surface area contributed by atoms with Gasteiger partial charge in [0.05, 0.1) is 6.33 Å². The van der Waals surface area contributed by atoms with E-state index in [-0.39, 0.29) is 24.0 Å². The number of guanidine groups is 1. The SMILES string of the molecule is CCN(CCCNC(=NC)NCCCn1ccnc1)c1ccccc1.I. The third-order valence-electron chi connectivity index (χ3n) is 4.07. The van der Waals surface area contributed by atoms with Crippen molar-refractivity contribution in [1.29, 1.82) is 0 Å². The lowest BCUT2D eigenvalue weighted by molar-refractivity contribution is 0.622. The summed E-state index contributed by atoms with van der Waals surface area (Å²) in [5, 5.41) is 6.74. The Morgan fingerprint density at radius 2 is 1.88 bits per heavy atom. The van der Waals surface area contributed by atoms with Crippen molar-refractivity contribution in [2.24, 2.45) is 4.99 Å². The molecule has 0 aliphatic carbocycles. The molecule has 0 amide bonds. The Morgan fingerprint density at radius 1 is 1.15 bits per heavy atom. The Kier molecular flexibility index (Phi) is 11.5. The number of aryl methyl sites for hydroxylation is 1. The number of nitrogens with zero attached hydrogens (tertiary/aromatic N) is 4. The molecule has 26 heavy (non-hydrogen) atoms. The third-order valence-corrected chi connectivity index (χ3v) is 4.07. The van der Waals surface area contributed by atoms with Crippen molar-refractivity contribution in [3.8, 4) is 0 Å². The molecule has 0 radical (unpaired) electrons. The number of para-hydroxylation sites is 1. The largest absolute Gasteiger partial charge is 0.372 e. The first-order valence-electron chi connectivity index (χ1n) is 9.03. The first kappa shape index (κ1) is 22.3. The van der Waals surface area contributed by atoms with E-state index < -0.39 is 0 Å². The molecule has 2 rings (SSSR count). The number of hydrogen-bond acceptors (Lipinski definition) is 3. The van der Waals surface area contributed by atoms with E-state index in [1.54, 1.807) is 0 Å². The van der Waals surface area contributed by atoms with Crippen LogP contribution >= 0.6 is 24.0 Å². The van der Waals surface area contributed by atoms with Crippen molar-refractivity contribution in [3.05, 3.63) is 49.1 Å². The molecular weight excluding hydrogens is 439 g/mol. The molecule has 1 heterocycles. The van der Waals surface area contributed by atoms with Crippen LogP contribution in [0.5, 0.6) is 0 Å². The van der Waals surface area contributed by atoms with Crippen LogP contribution in [0.3, 0.4) is 0 Å². The lowest BCUT2D eigenvalue weighted by Crippen LogP contribution is -2.39. The van der Waals surface area contributed by atoms with E-state index >= 15 is 0 Å². The Labute approximate surface area is 174 Å². The molecule has 0 aliphatic rings. The van der Waals surface area contributed by atoms with E-state index in [0.717, 1.165) is 51.5 Å². The van der Waals surface area contributed by atoms with Crippen LogP contribution in [0, 0.1) is 0 Å². The number of anilines is 1. The quantitative estimate of drug-likeness (QED) is 0.243. The highest BCUT2D eigenvalue weighted by Gasteiger charge is 2.03. The monoisotopic (exact) mass is 470 g/mol. The van der Waals surface area contributed by atoms with Gasteiger partial charge in [-0.05, 0) is 31.9 Å². The van der Waals surface area contributed by atoms with Crippen LogP contribution in [0.25, 0.3) is 0 Å². The smallest absolute Gasteiger partial charge is 0.190 e. The molecule has 0 atom stereocenters. The number of aliphatic imine (C=N–C) groups is 1. The second-order valence-corrected chi connectivity index (χ2v) is 5.85. The van der Waals surface area contributed by atoms with Gasteiger partial charge < -0.3 is 20.1 Å². The summed E-state index contributed by atoms with van der Waals surface area (Å²) < 4.78 is 2.08. The van der Waals surface area contributed by atoms with Gasteiger partial charge in [0, 0.05) is 57.9 Å². The van der Waals surface area contributed by atoms with E-state index in [9.17, 15) is 0 Å². The fourth-order valence-electron chi connectivity index (χ4n) is 2.69. The predicted octanol–water partition coefficient (Wildman–Crippen LogP) is 2.97. The first-order valence-corrected chi connectivity index (χ1v) is 9.03. The Hall–Kier alpha value is -1.77. The zero-order valence-corrected chi connectivity index (χ0v) is 18.1. The summed E-state index contributed by atoms with van der Waals surface area (Å²) in [6, 6.07) is 10.6. The Balaban J connectivity index is 0.00000338. The van der Waals surface area contributed by atoms with Crippen LogP contribution in [0.2, 0.25) is 0 Å². The maximum atomic E-state index is 4.28. The fraction of sp³-hybridized carbons (Fsp3) is 0.474. The molecule has 0 aliphatic heterocycles. The number of imidazole rings is 1. The summed E-state index contributed by atoms with van der Waals surface area (Å²) in [5.41, 5.74) is 1.28. The second-order valence-electron chi connectivity index (χ2n) is 5.85. The average molecular weight is 470 g/mol. The van der Waals surface area contributed by atoms with Gasteiger partial charge in [-0.15, -0.1) is 24.0 Å². The average Bonchev–Trinajstić information content (AvgIpc) is 3.17. The van der Waals surface area contributed by atoms with Crippen LogP contribution in [-0.2, 0) is 6.54 Å². The van der Waals surface area contributed by atoms with Gasteiger partial charge in [0.25, 0.3) is 0 Å². The maximum absolute atomic E-state index is 4.28. The molecular formula is C19H31IN6. The van der Waals surface area contributed by atoms with E-state index in [0.29, 0.717) is 0 Å². The lowest BCUT2D eigenvalue weighted by atomic mass is 10.2. The number of hydrogen-bond donors (Lipinski definition) is 2. The molecule has 0 unspecified atom stereocenters. The molecule has 0 saturated heterocycles. The van der Waals surface area contributed by atoms with Gasteiger partial charge in [-0.1, -0.05) is 18.2 Å². The van der Waals surface area contributed by atoms with E-state index in [2.05, 4.69) is 67.3 Å². The van der Waals surface area contributed by atoms with Crippen LogP contribution < -0.4 is 15.5 Å². The van der Waals surface area contributed by atoms with Gasteiger partial charge in [0.2, 0.25) is 0 Å². The number of benzene rings is 1. The summed E-state index contributed by atoms with van der Waals surface area (Å²) >= 11 is 0. The van der Waals surface area contributed by atoms with Crippen LogP contribution in [-0.4, -0.2) is 48.7 Å². The van der Waals surface area contributed by atoms with Crippen molar-refractivity contribution in [3.63, 3.8) is 0 Å². The molecule has 6 nitrogen and oxygen atoms in total. The van der Waals surface area contributed by atoms with Crippen LogP contribution in [0.1, 0.15) is 19.8 Å². The van der Waals surface area contributed by atoms with Crippen molar-refractivity contribution < 1.29 is 0 Å². The minimum Gasteiger partial charge on any atom is -0.372 e. The third kappa shape index (κ3) is 8.07. The lowest BCUT2D eigenvalue weighted by Gasteiger charge is -2.23. The summed E-state index contributed by atoms with van der Waals surface area (Å²) in [4.78, 5) is 10.7. The summed E-state index contributed by atoms with van der Waals surface area (Å²) in [6.45, 7) is 7.01. The van der Waals surface area contributed by atoms with Gasteiger partial charge in [0.1, 0.15) is 0 Å². The molecule has 144 valence electrons. The fourth-order valence-corrected chi connectivity index (χ4v) is 2.69. The van der Waals surface area contributed by atoms with E-state index in [1.807, 2.05) is 25.8 Å². The Morgan fingerprint density at radius 3 is 2.50 bits per heavy atom. The molecule has 0 spiro atoms. The molecule has 1 aromatic heterocycles. The van der Waals surface area contributed by atoms with Gasteiger partial charge >= 0.3 is 0 Å². The van der Waals surface area contributed by atoms with Crippen molar-refractivity contribution in [1.82, 2.24) is 20.2 Å². The number of aromatic nitrogens is 2. The molecule has 0 fully saturated rings. The number of rotatable bonds is 10. The van der Waals surface area contributed by atoms with Crippen molar-refractivity contribution >= 4 is 35.6 Å². The normalized spacial score (nSPS) is 10.9. The topological polar surface area (TPSA) is 57.5 Å². The molecule has 2 N–H and O–H groups in total. The standard InChI is InChI=1S/C19H30N6.HI/c1-3-25(18-9-5-4-6-10-18)15-8-12-23-19(20-2)22-11-7-14-24-16-13-21-17-24;/h4-6,9-10,13,16-17H,3,7-8,11-12,14-15H2,1-2H3,(H2,20,22,23);1H. The Bertz CT molecular complexity index is 600.